The maximum Gasteiger partial charge on any atom is 0.573 e. The second-order valence-corrected chi connectivity index (χ2v) is 10.9. The first-order valence-electron chi connectivity index (χ1n) is 14.1. The molecule has 0 fully saturated rings. The second-order valence-electron chi connectivity index (χ2n) is 10.3. The summed E-state index contributed by atoms with van der Waals surface area (Å²) in [6, 6.07) is 19.7. The molecular formula is C33H34F3N3O2S. The third-order valence-electron chi connectivity index (χ3n) is 7.09. The summed E-state index contributed by atoms with van der Waals surface area (Å²) in [4.78, 5) is 17.7. The van der Waals surface area contributed by atoms with Gasteiger partial charge in [-0.05, 0) is 85.2 Å². The topological polar surface area (TPSA) is 57.0 Å². The molecule has 0 atom stereocenters. The molecule has 0 unspecified atom stereocenters. The van der Waals surface area contributed by atoms with Crippen LogP contribution in [0.2, 0.25) is 0 Å². The molecule has 3 aromatic carbocycles. The van der Waals surface area contributed by atoms with Crippen LogP contribution in [0.1, 0.15) is 61.3 Å². The average Bonchev–Trinajstić information content (AvgIpc) is 3.44. The van der Waals surface area contributed by atoms with Crippen molar-refractivity contribution in [3.8, 4) is 22.8 Å². The van der Waals surface area contributed by atoms with E-state index in [1.165, 1.54) is 52.0 Å². The molecule has 4 aromatic rings. The van der Waals surface area contributed by atoms with Crippen LogP contribution in [0.4, 0.5) is 13.2 Å². The third-order valence-corrected chi connectivity index (χ3v) is 7.38. The minimum absolute atomic E-state index is 0.206. The molecule has 0 spiro atoms. The van der Waals surface area contributed by atoms with E-state index < -0.39 is 6.36 Å². The zero-order chi connectivity index (χ0) is 30.1. The molecule has 220 valence electrons. The van der Waals surface area contributed by atoms with Crippen LogP contribution in [-0.4, -0.2) is 31.8 Å². The number of hydrogen-bond donors (Lipinski definition) is 0. The van der Waals surface area contributed by atoms with Gasteiger partial charge >= 0.3 is 6.36 Å². The SMILES string of the molecule is CCc1cccc(C)c1CC(=S)CC(=O)CCCCCc1cccc(-c2ncn(-c3ccc(OC(F)(F)F)cc3)n2)c1. The maximum atomic E-state index is 12.5. The summed E-state index contributed by atoms with van der Waals surface area (Å²) in [5, 5.41) is 4.48. The van der Waals surface area contributed by atoms with Gasteiger partial charge in [-0.2, -0.15) is 0 Å². The summed E-state index contributed by atoms with van der Waals surface area (Å²) in [5.41, 5.74) is 6.35. The number of nitrogens with zero attached hydrogens (tertiary/aromatic N) is 3. The third kappa shape index (κ3) is 9.08. The molecule has 0 saturated carbocycles. The number of ether oxygens (including phenoxy) is 1. The average molecular weight is 594 g/mol. The van der Waals surface area contributed by atoms with Gasteiger partial charge in [0.05, 0.1) is 5.69 Å². The highest BCUT2D eigenvalue weighted by Gasteiger charge is 2.31. The normalized spacial score (nSPS) is 11.5. The van der Waals surface area contributed by atoms with Gasteiger partial charge in [0.2, 0.25) is 0 Å². The minimum atomic E-state index is -4.74. The van der Waals surface area contributed by atoms with Gasteiger partial charge in [0.1, 0.15) is 17.9 Å². The fourth-order valence-electron chi connectivity index (χ4n) is 4.93. The zero-order valence-corrected chi connectivity index (χ0v) is 24.6. The second kappa shape index (κ2) is 14.4. The molecular weight excluding hydrogens is 559 g/mol. The Kier molecular flexibility index (Phi) is 10.6. The van der Waals surface area contributed by atoms with Crippen LogP contribution in [0.5, 0.6) is 5.75 Å². The molecule has 0 radical (unpaired) electrons. The zero-order valence-electron chi connectivity index (χ0n) is 23.8. The summed E-state index contributed by atoms with van der Waals surface area (Å²) in [6.07, 6.45) is 2.94. The minimum Gasteiger partial charge on any atom is -0.406 e. The Bertz CT molecular complexity index is 1510. The first kappa shape index (κ1) is 31.1. The Morgan fingerprint density at radius 2 is 1.76 bits per heavy atom. The molecule has 0 aliphatic carbocycles. The van der Waals surface area contributed by atoms with Gasteiger partial charge in [-0.3, -0.25) is 4.79 Å². The van der Waals surface area contributed by atoms with Crippen LogP contribution < -0.4 is 4.74 Å². The number of halogens is 3. The smallest absolute Gasteiger partial charge is 0.406 e. The highest BCUT2D eigenvalue weighted by Crippen LogP contribution is 2.24. The predicted octanol–water partition coefficient (Wildman–Crippen LogP) is 8.38. The highest BCUT2D eigenvalue weighted by atomic mass is 32.1. The number of unbranched alkanes of at least 4 members (excludes halogenated alkanes) is 2. The van der Waals surface area contributed by atoms with E-state index in [9.17, 15) is 18.0 Å². The Balaban J connectivity index is 1.22. The number of aromatic nitrogens is 3. The van der Waals surface area contributed by atoms with Gasteiger partial charge < -0.3 is 4.74 Å². The molecule has 0 bridgehead atoms. The first-order valence-corrected chi connectivity index (χ1v) is 14.5. The standard InChI is InChI=1S/C33H34F3N3O2S/c1-3-25-12-7-9-23(2)31(25)21-30(42)20-28(40)14-6-4-5-10-24-11-8-13-26(19-24)32-37-22-39(38-32)27-15-17-29(18-16-27)41-33(34,35)36/h7-9,11-13,15-19,22H,3-6,10,14,20-21H2,1-2H3. The number of carbonyl (C=O) groups is 1. The van der Waals surface area contributed by atoms with Gasteiger partial charge in [-0.15, -0.1) is 18.3 Å². The van der Waals surface area contributed by atoms with Crippen molar-refractivity contribution in [2.45, 2.75) is 71.6 Å². The molecule has 42 heavy (non-hydrogen) atoms. The fraction of sp³-hybridized carbons (Fsp3) is 0.333. The number of ketones is 1. The Labute approximate surface area is 249 Å². The number of carbonyl (C=O) groups excluding carboxylic acids is 1. The maximum absolute atomic E-state index is 12.5. The summed E-state index contributed by atoms with van der Waals surface area (Å²) in [6.45, 7) is 4.24. The molecule has 1 heterocycles. The van der Waals surface area contributed by atoms with E-state index in [1.807, 2.05) is 18.2 Å². The predicted molar refractivity (Wildman–Crippen MR) is 162 cm³/mol. The van der Waals surface area contributed by atoms with Crippen molar-refractivity contribution in [2.75, 3.05) is 0 Å². The molecule has 5 nitrogen and oxygen atoms in total. The van der Waals surface area contributed by atoms with Gasteiger partial charge in [0.15, 0.2) is 5.82 Å². The number of Topliss-reactive ketones (excluding diaryl/α,β-unsaturated/α-hetero) is 1. The largest absolute Gasteiger partial charge is 0.573 e. The summed E-state index contributed by atoms with van der Waals surface area (Å²) < 4.78 is 42.6. The van der Waals surface area contributed by atoms with Crippen LogP contribution in [0.25, 0.3) is 17.1 Å². The molecule has 0 saturated heterocycles. The van der Waals surface area contributed by atoms with Crippen LogP contribution in [0, 0.1) is 6.92 Å². The molecule has 0 amide bonds. The lowest BCUT2D eigenvalue weighted by atomic mass is 9.94. The van der Waals surface area contributed by atoms with E-state index in [0.717, 1.165) is 48.1 Å². The van der Waals surface area contributed by atoms with Crippen LogP contribution >= 0.6 is 12.2 Å². The molecule has 0 N–H and O–H groups in total. The van der Waals surface area contributed by atoms with Crippen molar-refractivity contribution in [3.05, 3.63) is 95.3 Å². The van der Waals surface area contributed by atoms with Crippen LogP contribution in [0.15, 0.2) is 73.1 Å². The van der Waals surface area contributed by atoms with Gasteiger partial charge in [0.25, 0.3) is 0 Å². The lowest BCUT2D eigenvalue weighted by molar-refractivity contribution is -0.274. The van der Waals surface area contributed by atoms with Crippen molar-refractivity contribution in [1.29, 1.82) is 0 Å². The van der Waals surface area contributed by atoms with Crippen molar-refractivity contribution < 1.29 is 22.7 Å². The van der Waals surface area contributed by atoms with E-state index >= 15 is 0 Å². The van der Waals surface area contributed by atoms with Crippen LogP contribution in [-0.2, 0) is 24.1 Å². The number of thiocarbonyl (C=S) groups is 1. The Morgan fingerprint density at radius 1 is 1.00 bits per heavy atom. The van der Waals surface area contributed by atoms with Gasteiger partial charge in [-0.1, -0.05) is 62.0 Å². The van der Waals surface area contributed by atoms with Crippen molar-refractivity contribution in [1.82, 2.24) is 14.8 Å². The van der Waals surface area contributed by atoms with E-state index in [-0.39, 0.29) is 11.5 Å². The summed E-state index contributed by atoms with van der Waals surface area (Å²) in [7, 11) is 0. The number of hydrogen-bond acceptors (Lipinski definition) is 5. The molecule has 4 rings (SSSR count). The highest BCUT2D eigenvalue weighted by molar-refractivity contribution is 7.80. The van der Waals surface area contributed by atoms with Crippen molar-refractivity contribution in [2.24, 2.45) is 0 Å². The van der Waals surface area contributed by atoms with E-state index in [0.29, 0.717) is 30.8 Å². The lowest BCUT2D eigenvalue weighted by Gasteiger charge is -2.12. The van der Waals surface area contributed by atoms with Gasteiger partial charge in [-0.25, -0.2) is 9.67 Å². The van der Waals surface area contributed by atoms with E-state index in [2.05, 4.69) is 52.9 Å². The van der Waals surface area contributed by atoms with Crippen LogP contribution in [0.3, 0.4) is 0 Å². The van der Waals surface area contributed by atoms with Crippen molar-refractivity contribution in [3.63, 3.8) is 0 Å². The summed E-state index contributed by atoms with van der Waals surface area (Å²) in [5.74, 6) is 0.430. The lowest BCUT2D eigenvalue weighted by Crippen LogP contribution is -2.17. The molecule has 0 aliphatic rings. The molecule has 1 aromatic heterocycles. The summed E-state index contributed by atoms with van der Waals surface area (Å²) >= 11 is 5.57. The first-order chi connectivity index (χ1) is 20.1. The monoisotopic (exact) mass is 593 g/mol. The Hall–Kier alpha value is -3.85. The molecule has 0 aliphatic heterocycles. The van der Waals surface area contributed by atoms with E-state index in [4.69, 9.17) is 12.2 Å². The number of alkyl halides is 3. The number of aryl methyl sites for hydroxylation is 3. The van der Waals surface area contributed by atoms with E-state index in [1.54, 1.807) is 0 Å². The molecule has 9 heteroatoms. The van der Waals surface area contributed by atoms with Crippen molar-refractivity contribution >= 4 is 22.9 Å². The fourth-order valence-corrected chi connectivity index (χ4v) is 5.23. The Morgan fingerprint density at radius 3 is 2.50 bits per heavy atom. The quantitative estimate of drug-likeness (QED) is 0.109. The number of benzene rings is 3. The van der Waals surface area contributed by atoms with Gasteiger partial charge in [0, 0.05) is 29.7 Å². The number of rotatable bonds is 14.